The highest BCUT2D eigenvalue weighted by atomic mass is 16.5. The lowest BCUT2D eigenvalue weighted by Gasteiger charge is -2.25. The third kappa shape index (κ3) is 3.50. The first-order valence-corrected chi connectivity index (χ1v) is 9.19. The zero-order valence-electron chi connectivity index (χ0n) is 16.0. The van der Waals surface area contributed by atoms with E-state index in [1.807, 2.05) is 23.1 Å². The number of rotatable bonds is 6. The van der Waals surface area contributed by atoms with Crippen molar-refractivity contribution in [2.24, 2.45) is 17.8 Å². The molecule has 2 fully saturated rings. The molecule has 142 valence electrons. The summed E-state index contributed by atoms with van der Waals surface area (Å²) in [6.07, 6.45) is 1.55. The van der Waals surface area contributed by atoms with E-state index in [0.29, 0.717) is 37.3 Å². The third-order valence-corrected chi connectivity index (χ3v) is 5.94. The van der Waals surface area contributed by atoms with Crippen LogP contribution in [0.1, 0.15) is 32.3 Å². The Hall–Kier alpha value is -2.24. The number of methoxy groups -OCH3 is 2. The highest BCUT2D eigenvalue weighted by molar-refractivity contribution is 5.80. The van der Waals surface area contributed by atoms with Crippen LogP contribution in [0.2, 0.25) is 0 Å². The summed E-state index contributed by atoms with van der Waals surface area (Å²) < 4.78 is 10.7. The van der Waals surface area contributed by atoms with Crippen molar-refractivity contribution < 1.29 is 19.1 Å². The van der Waals surface area contributed by atoms with Crippen molar-refractivity contribution in [2.75, 3.05) is 20.8 Å². The Balaban J connectivity index is 1.76. The zero-order chi connectivity index (χ0) is 18.8. The van der Waals surface area contributed by atoms with Crippen molar-refractivity contribution in [3.8, 4) is 11.5 Å². The molecule has 0 spiro atoms. The molecule has 1 aliphatic carbocycles. The minimum Gasteiger partial charge on any atom is -0.497 e. The van der Waals surface area contributed by atoms with Crippen molar-refractivity contribution in [2.45, 2.75) is 39.3 Å². The third-order valence-electron chi connectivity index (χ3n) is 5.94. The molecule has 2 amide bonds. The summed E-state index contributed by atoms with van der Waals surface area (Å²) in [7, 11) is 3.26. The predicted molar refractivity (Wildman–Crippen MR) is 97.9 cm³/mol. The van der Waals surface area contributed by atoms with Gasteiger partial charge in [-0.3, -0.25) is 9.59 Å². The van der Waals surface area contributed by atoms with E-state index in [0.717, 1.165) is 23.5 Å². The Morgan fingerprint density at radius 3 is 2.73 bits per heavy atom. The highest BCUT2D eigenvalue weighted by Crippen LogP contribution is 2.46. The van der Waals surface area contributed by atoms with E-state index >= 15 is 0 Å². The number of carbonyl (C=O) groups is 2. The Morgan fingerprint density at radius 1 is 1.31 bits per heavy atom. The maximum Gasteiger partial charge on any atom is 0.223 e. The van der Waals surface area contributed by atoms with Gasteiger partial charge < -0.3 is 19.7 Å². The van der Waals surface area contributed by atoms with Gasteiger partial charge in [-0.2, -0.15) is 0 Å². The standard InChI is InChI=1S/C20H28N2O4/c1-12-7-18-16(17(12)10-21-13(2)23)9-20(24)22(18)11-14-5-6-15(25-3)8-19(14)26-4/h5-6,8,12,16-18H,7,9-11H2,1-4H3,(H,21,23)/t12-,16-,17+,18+/m0/s1. The summed E-state index contributed by atoms with van der Waals surface area (Å²) in [6, 6.07) is 5.95. The molecule has 0 unspecified atom stereocenters. The van der Waals surface area contributed by atoms with E-state index in [4.69, 9.17) is 9.47 Å². The highest BCUT2D eigenvalue weighted by Gasteiger charge is 2.50. The molecule has 1 aromatic rings. The summed E-state index contributed by atoms with van der Waals surface area (Å²) in [5.41, 5.74) is 0.986. The number of likely N-dealkylation sites (tertiary alicyclic amines) is 1. The largest absolute Gasteiger partial charge is 0.497 e. The van der Waals surface area contributed by atoms with Crippen molar-refractivity contribution in [1.82, 2.24) is 10.2 Å². The van der Waals surface area contributed by atoms with Crippen LogP contribution in [0.25, 0.3) is 0 Å². The smallest absolute Gasteiger partial charge is 0.223 e. The van der Waals surface area contributed by atoms with Crippen LogP contribution in [0.4, 0.5) is 0 Å². The van der Waals surface area contributed by atoms with Crippen LogP contribution >= 0.6 is 0 Å². The summed E-state index contributed by atoms with van der Waals surface area (Å²) in [5, 5.41) is 2.94. The molecule has 6 heteroatoms. The van der Waals surface area contributed by atoms with E-state index < -0.39 is 0 Å². The average Bonchev–Trinajstić information content (AvgIpc) is 3.07. The first kappa shape index (κ1) is 18.5. The van der Waals surface area contributed by atoms with E-state index in [-0.39, 0.29) is 17.9 Å². The van der Waals surface area contributed by atoms with Crippen LogP contribution in [0, 0.1) is 17.8 Å². The molecular weight excluding hydrogens is 332 g/mol. The monoisotopic (exact) mass is 360 g/mol. The van der Waals surface area contributed by atoms with Gasteiger partial charge in [0.05, 0.1) is 14.2 Å². The number of fused-ring (bicyclic) bond motifs is 1. The second-order valence-electron chi connectivity index (χ2n) is 7.45. The fourth-order valence-corrected chi connectivity index (χ4v) is 4.57. The molecule has 2 aliphatic rings. The van der Waals surface area contributed by atoms with Crippen LogP contribution in [-0.4, -0.2) is 43.5 Å². The molecule has 1 aliphatic heterocycles. The summed E-state index contributed by atoms with van der Waals surface area (Å²) in [6.45, 7) is 4.97. The Kier molecular flexibility index (Phi) is 5.39. The normalized spacial score (nSPS) is 27.4. The molecule has 4 atom stereocenters. The van der Waals surface area contributed by atoms with E-state index in [1.54, 1.807) is 21.1 Å². The minimum atomic E-state index is -0.00945. The van der Waals surface area contributed by atoms with Crippen molar-refractivity contribution in [1.29, 1.82) is 0 Å². The van der Waals surface area contributed by atoms with Gasteiger partial charge in [0, 0.05) is 44.1 Å². The van der Waals surface area contributed by atoms with Crippen LogP contribution in [0.15, 0.2) is 18.2 Å². The topological polar surface area (TPSA) is 67.9 Å². The summed E-state index contributed by atoms with van der Waals surface area (Å²) in [4.78, 5) is 26.0. The van der Waals surface area contributed by atoms with Gasteiger partial charge in [-0.15, -0.1) is 0 Å². The molecule has 1 aromatic carbocycles. The number of hydrogen-bond donors (Lipinski definition) is 1. The van der Waals surface area contributed by atoms with Gasteiger partial charge in [-0.05, 0) is 36.3 Å². The van der Waals surface area contributed by atoms with Crippen molar-refractivity contribution >= 4 is 11.8 Å². The second-order valence-corrected chi connectivity index (χ2v) is 7.45. The SMILES string of the molecule is COc1ccc(CN2C(=O)C[C@H]3[C@H](CNC(C)=O)[C@@H](C)C[C@H]32)c(OC)c1. The number of carbonyl (C=O) groups excluding carboxylic acids is 2. The molecule has 0 aromatic heterocycles. The number of hydrogen-bond acceptors (Lipinski definition) is 4. The quantitative estimate of drug-likeness (QED) is 0.845. The number of nitrogens with zero attached hydrogens (tertiary/aromatic N) is 1. The van der Waals surface area contributed by atoms with Crippen LogP contribution in [0.3, 0.4) is 0 Å². The number of benzene rings is 1. The first-order valence-electron chi connectivity index (χ1n) is 9.19. The number of ether oxygens (including phenoxy) is 2. The molecule has 1 N–H and O–H groups in total. The van der Waals surface area contributed by atoms with Crippen LogP contribution in [-0.2, 0) is 16.1 Å². The first-order chi connectivity index (χ1) is 12.4. The average molecular weight is 360 g/mol. The minimum absolute atomic E-state index is 0.00945. The lowest BCUT2D eigenvalue weighted by molar-refractivity contribution is -0.129. The molecule has 1 saturated heterocycles. The summed E-state index contributed by atoms with van der Waals surface area (Å²) >= 11 is 0. The van der Waals surface area contributed by atoms with Gasteiger partial charge in [-0.1, -0.05) is 6.92 Å². The van der Waals surface area contributed by atoms with Crippen molar-refractivity contribution in [3.05, 3.63) is 23.8 Å². The predicted octanol–water partition coefficient (Wildman–Crippen LogP) is 2.21. The van der Waals surface area contributed by atoms with Crippen LogP contribution < -0.4 is 14.8 Å². The van der Waals surface area contributed by atoms with Gasteiger partial charge in [0.2, 0.25) is 11.8 Å². The Morgan fingerprint density at radius 2 is 2.08 bits per heavy atom. The summed E-state index contributed by atoms with van der Waals surface area (Å²) in [5.74, 6) is 2.82. The van der Waals surface area contributed by atoms with Gasteiger partial charge in [0.1, 0.15) is 11.5 Å². The molecule has 1 saturated carbocycles. The lowest BCUT2D eigenvalue weighted by Crippen LogP contribution is -2.34. The van der Waals surface area contributed by atoms with Crippen molar-refractivity contribution in [3.63, 3.8) is 0 Å². The van der Waals surface area contributed by atoms with E-state index in [9.17, 15) is 9.59 Å². The molecule has 1 heterocycles. The molecule has 26 heavy (non-hydrogen) atoms. The van der Waals surface area contributed by atoms with E-state index in [2.05, 4.69) is 12.2 Å². The maximum absolute atomic E-state index is 12.7. The molecule has 6 nitrogen and oxygen atoms in total. The molecule has 0 radical (unpaired) electrons. The van der Waals surface area contributed by atoms with Gasteiger partial charge in [0.25, 0.3) is 0 Å². The fraction of sp³-hybridized carbons (Fsp3) is 0.600. The number of amides is 2. The Bertz CT molecular complexity index is 690. The van der Waals surface area contributed by atoms with Crippen LogP contribution in [0.5, 0.6) is 11.5 Å². The fourth-order valence-electron chi connectivity index (χ4n) is 4.57. The van der Waals surface area contributed by atoms with E-state index in [1.165, 1.54) is 0 Å². The lowest BCUT2D eigenvalue weighted by atomic mass is 9.88. The molecular formula is C20H28N2O4. The molecule has 3 rings (SSSR count). The maximum atomic E-state index is 12.7. The van der Waals surface area contributed by atoms with Gasteiger partial charge in [0.15, 0.2) is 0 Å². The number of nitrogens with one attached hydrogen (secondary N) is 1. The Labute approximate surface area is 154 Å². The second kappa shape index (κ2) is 7.56. The van der Waals surface area contributed by atoms with Gasteiger partial charge >= 0.3 is 0 Å². The molecule has 0 bridgehead atoms. The van der Waals surface area contributed by atoms with Gasteiger partial charge in [-0.25, -0.2) is 0 Å². The zero-order valence-corrected chi connectivity index (χ0v) is 16.0.